The van der Waals surface area contributed by atoms with Gasteiger partial charge in [0.05, 0.1) is 0 Å². The summed E-state index contributed by atoms with van der Waals surface area (Å²) < 4.78 is 16.0. The van der Waals surface area contributed by atoms with E-state index < -0.39 is 10.8 Å². The number of furan rings is 1. The lowest BCUT2D eigenvalue weighted by molar-refractivity contribution is 0.0925. The van der Waals surface area contributed by atoms with Crippen molar-refractivity contribution in [3.63, 3.8) is 0 Å². The summed E-state index contributed by atoms with van der Waals surface area (Å²) in [7, 11) is -0.861. The highest BCUT2D eigenvalue weighted by molar-refractivity contribution is 7.84. The summed E-state index contributed by atoms with van der Waals surface area (Å²) in [5.41, 5.74) is 0. The van der Waals surface area contributed by atoms with Crippen molar-refractivity contribution in [2.45, 2.75) is 18.6 Å². The highest BCUT2D eigenvalue weighted by Crippen LogP contribution is 2.12. The van der Waals surface area contributed by atoms with Crippen molar-refractivity contribution < 1.29 is 13.4 Å². The Labute approximate surface area is 102 Å². The summed E-state index contributed by atoms with van der Waals surface area (Å²) >= 11 is 5.54. The second kappa shape index (κ2) is 6.06. The van der Waals surface area contributed by atoms with Crippen molar-refractivity contribution in [1.29, 1.82) is 0 Å². The Kier molecular flexibility index (Phi) is 5.02. The molecule has 90 valence electrons. The van der Waals surface area contributed by atoms with Crippen molar-refractivity contribution >= 4 is 28.3 Å². The quantitative estimate of drug-likeness (QED) is 0.882. The molecule has 0 bridgehead atoms. The molecule has 0 fully saturated rings. The van der Waals surface area contributed by atoms with E-state index in [2.05, 4.69) is 5.32 Å². The second-order valence-electron chi connectivity index (χ2n) is 3.46. The van der Waals surface area contributed by atoms with E-state index in [-0.39, 0.29) is 22.1 Å². The molecular formula is C10H14ClNO3S. The standard InChI is InChI=1S/C10H14ClNO3S/c1-7(16(2)14)5-6-12-10(13)8-3-4-9(11)15-8/h3-4,7H,5-6H2,1-2H3,(H,12,13). The van der Waals surface area contributed by atoms with Crippen LogP contribution in [0.5, 0.6) is 0 Å². The normalized spacial score (nSPS) is 14.4. The van der Waals surface area contributed by atoms with Crippen LogP contribution in [0.25, 0.3) is 0 Å². The van der Waals surface area contributed by atoms with Gasteiger partial charge < -0.3 is 9.73 Å². The Morgan fingerprint density at radius 1 is 1.62 bits per heavy atom. The Bertz CT molecular complexity index is 391. The van der Waals surface area contributed by atoms with Gasteiger partial charge in [0.15, 0.2) is 11.0 Å². The third-order valence-electron chi connectivity index (χ3n) is 2.20. The molecule has 0 aliphatic heterocycles. The van der Waals surface area contributed by atoms with Gasteiger partial charge in [-0.2, -0.15) is 0 Å². The summed E-state index contributed by atoms with van der Waals surface area (Å²) in [6, 6.07) is 3.03. The van der Waals surface area contributed by atoms with Gasteiger partial charge in [-0.15, -0.1) is 0 Å². The zero-order chi connectivity index (χ0) is 12.1. The van der Waals surface area contributed by atoms with Crippen LogP contribution in [0.4, 0.5) is 0 Å². The van der Waals surface area contributed by atoms with Crippen LogP contribution in [0.15, 0.2) is 16.5 Å². The Balaban J connectivity index is 2.34. The molecule has 4 nitrogen and oxygen atoms in total. The van der Waals surface area contributed by atoms with Gasteiger partial charge in [0.2, 0.25) is 0 Å². The second-order valence-corrected chi connectivity index (χ2v) is 5.63. The van der Waals surface area contributed by atoms with Crippen molar-refractivity contribution in [2.24, 2.45) is 0 Å². The lowest BCUT2D eigenvalue weighted by Crippen LogP contribution is -2.27. The van der Waals surface area contributed by atoms with Gasteiger partial charge in [-0.25, -0.2) is 0 Å². The summed E-state index contributed by atoms with van der Waals surface area (Å²) in [5.74, 6) is -0.115. The number of rotatable bonds is 5. The highest BCUT2D eigenvalue weighted by atomic mass is 35.5. The third kappa shape index (κ3) is 3.98. The molecule has 1 aromatic heterocycles. The van der Waals surface area contributed by atoms with Gasteiger partial charge >= 0.3 is 0 Å². The fraction of sp³-hybridized carbons (Fsp3) is 0.500. The molecule has 16 heavy (non-hydrogen) atoms. The fourth-order valence-electron chi connectivity index (χ4n) is 1.08. The van der Waals surface area contributed by atoms with Crippen molar-refractivity contribution in [2.75, 3.05) is 12.8 Å². The molecule has 1 aromatic rings. The Morgan fingerprint density at radius 3 is 2.81 bits per heavy atom. The van der Waals surface area contributed by atoms with Gasteiger partial charge in [0.25, 0.3) is 5.91 Å². The van der Waals surface area contributed by atoms with Crippen LogP contribution < -0.4 is 5.32 Å². The minimum absolute atomic E-state index is 0.0699. The predicted molar refractivity (Wildman–Crippen MR) is 64.2 cm³/mol. The van der Waals surface area contributed by atoms with Gasteiger partial charge in [0, 0.05) is 28.9 Å². The SMILES string of the molecule is CC(CCNC(=O)c1ccc(Cl)o1)S(C)=O. The molecule has 2 unspecified atom stereocenters. The van der Waals surface area contributed by atoms with Gasteiger partial charge in [0.1, 0.15) is 0 Å². The molecule has 1 heterocycles. The molecule has 1 amide bonds. The number of halogens is 1. The van der Waals surface area contributed by atoms with Gasteiger partial charge in [-0.05, 0) is 30.2 Å². The van der Waals surface area contributed by atoms with Crippen molar-refractivity contribution in [1.82, 2.24) is 5.32 Å². The lowest BCUT2D eigenvalue weighted by Gasteiger charge is -2.08. The molecule has 0 aliphatic rings. The van der Waals surface area contributed by atoms with E-state index in [1.807, 2.05) is 6.92 Å². The molecule has 0 spiro atoms. The number of amides is 1. The molecule has 0 aromatic carbocycles. The molecule has 0 aliphatic carbocycles. The van der Waals surface area contributed by atoms with E-state index in [1.165, 1.54) is 12.1 Å². The minimum atomic E-state index is -0.861. The molecule has 1 rings (SSSR count). The number of nitrogens with one attached hydrogen (secondary N) is 1. The molecule has 6 heteroatoms. The zero-order valence-electron chi connectivity index (χ0n) is 9.16. The summed E-state index contributed by atoms with van der Waals surface area (Å²) in [4.78, 5) is 11.5. The zero-order valence-corrected chi connectivity index (χ0v) is 10.7. The average Bonchev–Trinajstić information content (AvgIpc) is 2.64. The van der Waals surface area contributed by atoms with Crippen LogP contribution in [-0.4, -0.2) is 28.2 Å². The van der Waals surface area contributed by atoms with Gasteiger partial charge in [-0.1, -0.05) is 6.92 Å². The molecule has 0 saturated carbocycles. The first-order chi connectivity index (χ1) is 7.50. The van der Waals surface area contributed by atoms with E-state index >= 15 is 0 Å². The van der Waals surface area contributed by atoms with E-state index in [0.29, 0.717) is 13.0 Å². The number of carbonyl (C=O) groups is 1. The monoisotopic (exact) mass is 263 g/mol. The lowest BCUT2D eigenvalue weighted by atomic mass is 10.3. The average molecular weight is 264 g/mol. The van der Waals surface area contributed by atoms with E-state index in [1.54, 1.807) is 6.26 Å². The molecule has 1 N–H and O–H groups in total. The molecule has 0 saturated heterocycles. The van der Waals surface area contributed by atoms with Crippen LogP contribution in [0.2, 0.25) is 5.22 Å². The number of hydrogen-bond acceptors (Lipinski definition) is 3. The first-order valence-electron chi connectivity index (χ1n) is 4.86. The largest absolute Gasteiger partial charge is 0.440 e. The van der Waals surface area contributed by atoms with Crippen LogP contribution in [0.1, 0.15) is 23.9 Å². The first-order valence-corrected chi connectivity index (χ1v) is 6.86. The third-order valence-corrected chi connectivity index (χ3v) is 3.77. The predicted octanol–water partition coefficient (Wildman–Crippen LogP) is 1.82. The fourth-order valence-corrected chi connectivity index (χ4v) is 1.67. The molecular weight excluding hydrogens is 250 g/mol. The maximum absolute atomic E-state index is 11.5. The highest BCUT2D eigenvalue weighted by Gasteiger charge is 2.11. The Hall–Kier alpha value is -0.810. The molecule has 0 radical (unpaired) electrons. The van der Waals surface area contributed by atoms with Crippen LogP contribution >= 0.6 is 11.6 Å². The maximum Gasteiger partial charge on any atom is 0.287 e. The van der Waals surface area contributed by atoms with Crippen LogP contribution in [-0.2, 0) is 10.8 Å². The smallest absolute Gasteiger partial charge is 0.287 e. The van der Waals surface area contributed by atoms with Crippen LogP contribution in [0, 0.1) is 0 Å². The molecule has 2 atom stereocenters. The van der Waals surface area contributed by atoms with E-state index in [4.69, 9.17) is 16.0 Å². The topological polar surface area (TPSA) is 59.3 Å². The Morgan fingerprint density at radius 2 is 2.31 bits per heavy atom. The van der Waals surface area contributed by atoms with E-state index in [9.17, 15) is 9.00 Å². The van der Waals surface area contributed by atoms with Gasteiger partial charge in [-0.3, -0.25) is 9.00 Å². The maximum atomic E-state index is 11.5. The summed E-state index contributed by atoms with van der Waals surface area (Å²) in [5, 5.41) is 2.93. The summed E-state index contributed by atoms with van der Waals surface area (Å²) in [6.45, 7) is 2.35. The first kappa shape index (κ1) is 13.3. The minimum Gasteiger partial charge on any atom is -0.440 e. The summed E-state index contributed by atoms with van der Waals surface area (Å²) in [6.07, 6.45) is 2.32. The van der Waals surface area contributed by atoms with Crippen molar-refractivity contribution in [3.8, 4) is 0 Å². The van der Waals surface area contributed by atoms with Crippen molar-refractivity contribution in [3.05, 3.63) is 23.1 Å². The van der Waals surface area contributed by atoms with Crippen LogP contribution in [0.3, 0.4) is 0 Å². The number of hydrogen-bond donors (Lipinski definition) is 1. The number of carbonyl (C=O) groups excluding carboxylic acids is 1. The van der Waals surface area contributed by atoms with E-state index in [0.717, 1.165) is 0 Å².